The average molecular weight is 1370 g/mol. The first kappa shape index (κ1) is 77.7. The van der Waals surface area contributed by atoms with Crippen molar-refractivity contribution in [2.75, 3.05) is 0 Å². The summed E-state index contributed by atoms with van der Waals surface area (Å²) in [5.41, 5.74) is 9.08. The first-order chi connectivity index (χ1) is 45.8. The van der Waals surface area contributed by atoms with E-state index in [4.69, 9.17) is 0 Å². The molecule has 0 fully saturated rings. The Morgan fingerprint density at radius 3 is 1.46 bits per heavy atom. The second kappa shape index (κ2) is 30.1. The number of pyridine rings is 4. The van der Waals surface area contributed by atoms with Crippen LogP contribution in [0.4, 0.5) is 30.7 Å². The number of nitrogens with zero attached hydrogens (tertiary/aromatic N) is 8. The molecule has 0 N–H and O–H groups in total. The Kier molecular flexibility index (Phi) is 23.6. The fourth-order valence-electron chi connectivity index (χ4n) is 12.7. The van der Waals surface area contributed by atoms with E-state index in [0.29, 0.717) is 27.8 Å². The average Bonchev–Trinajstić information content (AvgIpc) is 1.78. The van der Waals surface area contributed by atoms with Crippen molar-refractivity contribution in [1.82, 2.24) is 38.2 Å². The molecule has 0 amide bonds. The van der Waals surface area contributed by atoms with E-state index in [1.54, 1.807) is 105 Å². The lowest BCUT2D eigenvalue weighted by atomic mass is 9.82. The Balaban J connectivity index is 0.000000167. The smallest absolute Gasteiger partial charge is 0.312 e. The monoisotopic (exact) mass is 1370 g/mol. The molecule has 4 aromatic carbocycles. The van der Waals surface area contributed by atoms with Crippen LogP contribution in [0.15, 0.2) is 129 Å². The number of para-hydroxylation sites is 2. The number of aromatic nitrogens is 8. The Morgan fingerprint density at radius 1 is 0.444 bits per heavy atom. The first-order valence-corrected chi connectivity index (χ1v) is 33.8. The third kappa shape index (κ3) is 17.9. The third-order valence-electron chi connectivity index (χ3n) is 17.9. The molecule has 0 bridgehead atoms. The van der Waals surface area contributed by atoms with Crippen LogP contribution in [-0.4, -0.2) is 38.2 Å². The first-order valence-electron chi connectivity index (χ1n) is 33.8. The predicted molar refractivity (Wildman–Crippen MR) is 387 cm³/mol. The number of fused-ring (bicyclic) bond motifs is 6. The molecular formula is C80H97F7N8O4. The molecule has 19 heteroatoms. The van der Waals surface area contributed by atoms with Crippen LogP contribution in [-0.2, 0) is 87.9 Å². The van der Waals surface area contributed by atoms with Gasteiger partial charge in [0.05, 0.1) is 50.3 Å². The lowest BCUT2D eigenvalue weighted by Gasteiger charge is -2.25. The molecule has 2 aliphatic carbocycles. The van der Waals surface area contributed by atoms with Crippen LogP contribution in [0.1, 0.15) is 215 Å². The molecule has 99 heavy (non-hydrogen) atoms. The normalized spacial score (nSPS) is 13.3. The van der Waals surface area contributed by atoms with Gasteiger partial charge < -0.3 is 18.3 Å². The van der Waals surface area contributed by atoms with Crippen molar-refractivity contribution >= 4 is 43.6 Å². The van der Waals surface area contributed by atoms with E-state index in [9.17, 15) is 49.9 Å². The highest BCUT2D eigenvalue weighted by atomic mass is 19.4. The van der Waals surface area contributed by atoms with E-state index < -0.39 is 34.3 Å². The minimum absolute atomic E-state index is 0.0107. The topological polar surface area (TPSA) is 140 Å². The van der Waals surface area contributed by atoms with Gasteiger partial charge in [0.1, 0.15) is 17.2 Å². The number of hydrogen-bond donors (Lipinski definition) is 0. The summed E-state index contributed by atoms with van der Waals surface area (Å²) in [5.74, 6) is 0.142. The number of halogens is 7. The van der Waals surface area contributed by atoms with Gasteiger partial charge in [0.2, 0.25) is 0 Å². The van der Waals surface area contributed by atoms with Crippen LogP contribution in [0.5, 0.6) is 0 Å². The van der Waals surface area contributed by atoms with E-state index in [1.165, 1.54) is 43.3 Å². The molecule has 12 rings (SSSR count). The van der Waals surface area contributed by atoms with Crippen LogP contribution in [0, 0.1) is 12.7 Å². The molecular weight excluding hydrogens is 1270 g/mol. The van der Waals surface area contributed by atoms with Gasteiger partial charge in [-0.2, -0.15) is 26.3 Å². The zero-order chi connectivity index (χ0) is 74.0. The summed E-state index contributed by atoms with van der Waals surface area (Å²) < 4.78 is 98.6. The van der Waals surface area contributed by atoms with Crippen molar-refractivity contribution in [1.29, 1.82) is 0 Å². The van der Waals surface area contributed by atoms with Gasteiger partial charge in [0.15, 0.2) is 0 Å². The second-order valence-corrected chi connectivity index (χ2v) is 30.5. The highest BCUT2D eigenvalue weighted by Crippen LogP contribution is 2.41. The Morgan fingerprint density at radius 2 is 0.939 bits per heavy atom. The number of rotatable bonds is 2. The molecule has 0 saturated heterocycles. The second-order valence-electron chi connectivity index (χ2n) is 30.5. The lowest BCUT2D eigenvalue weighted by molar-refractivity contribution is -0.139. The fourth-order valence-corrected chi connectivity index (χ4v) is 12.7. The molecule has 10 aromatic rings. The van der Waals surface area contributed by atoms with E-state index in [-0.39, 0.29) is 62.0 Å². The maximum Gasteiger partial charge on any atom is 0.418 e. The van der Waals surface area contributed by atoms with Crippen molar-refractivity contribution < 1.29 is 30.7 Å². The van der Waals surface area contributed by atoms with Gasteiger partial charge in [-0.3, -0.25) is 29.1 Å². The van der Waals surface area contributed by atoms with E-state index in [2.05, 4.69) is 19.9 Å². The summed E-state index contributed by atoms with van der Waals surface area (Å²) in [6, 6.07) is 28.7. The summed E-state index contributed by atoms with van der Waals surface area (Å²) in [4.78, 5) is 65.9. The molecule has 0 radical (unpaired) electrons. The number of aryl methyl sites for hydroxylation is 5. The summed E-state index contributed by atoms with van der Waals surface area (Å²) in [5, 5.41) is 3.19. The summed E-state index contributed by atoms with van der Waals surface area (Å²) in [6.45, 7) is 32.7. The molecule has 0 atom stereocenters. The molecule has 6 aromatic heterocycles. The number of hydrogen-bond acceptors (Lipinski definition) is 8. The number of alkyl halides is 6. The van der Waals surface area contributed by atoms with Crippen molar-refractivity contribution in [3.05, 3.63) is 230 Å². The Bertz CT molecular complexity index is 4780. The summed E-state index contributed by atoms with van der Waals surface area (Å²) in [7, 11) is 7.30. The quantitative estimate of drug-likeness (QED) is 0.156. The number of benzene rings is 4. The van der Waals surface area contributed by atoms with Crippen LogP contribution in [0.25, 0.3) is 43.6 Å². The minimum Gasteiger partial charge on any atom is -0.312 e. The lowest BCUT2D eigenvalue weighted by Crippen LogP contribution is -2.34. The zero-order valence-corrected chi connectivity index (χ0v) is 61.4. The molecule has 0 saturated carbocycles. The van der Waals surface area contributed by atoms with E-state index >= 15 is 0 Å². The molecule has 2 aliphatic rings. The van der Waals surface area contributed by atoms with Gasteiger partial charge in [0.25, 0.3) is 22.2 Å². The van der Waals surface area contributed by atoms with Crippen LogP contribution in [0.3, 0.4) is 0 Å². The van der Waals surface area contributed by atoms with Gasteiger partial charge in [0, 0.05) is 89.3 Å². The van der Waals surface area contributed by atoms with Crippen LogP contribution < -0.4 is 22.2 Å². The van der Waals surface area contributed by atoms with Gasteiger partial charge in [-0.15, -0.1) is 0 Å². The highest BCUT2D eigenvalue weighted by Gasteiger charge is 2.39. The van der Waals surface area contributed by atoms with E-state index in [1.807, 2.05) is 132 Å². The van der Waals surface area contributed by atoms with Crippen molar-refractivity contribution in [3.63, 3.8) is 0 Å². The molecule has 0 aliphatic heterocycles. The van der Waals surface area contributed by atoms with Gasteiger partial charge in [-0.1, -0.05) is 159 Å². The highest BCUT2D eigenvalue weighted by molar-refractivity contribution is 5.85. The maximum absolute atomic E-state index is 13.3. The molecule has 530 valence electrons. The molecule has 0 spiro atoms. The zero-order valence-electron chi connectivity index (χ0n) is 61.4. The largest absolute Gasteiger partial charge is 0.418 e. The molecule has 0 unspecified atom stereocenters. The Hall–Kier alpha value is -8.61. The summed E-state index contributed by atoms with van der Waals surface area (Å²) in [6.07, 6.45) is 0.337. The van der Waals surface area contributed by atoms with Crippen molar-refractivity contribution in [3.8, 4) is 0 Å². The molecule has 6 heterocycles. The summed E-state index contributed by atoms with van der Waals surface area (Å²) >= 11 is 0. The van der Waals surface area contributed by atoms with Gasteiger partial charge in [-0.05, 0) is 140 Å². The van der Waals surface area contributed by atoms with E-state index in [0.717, 1.165) is 105 Å². The van der Waals surface area contributed by atoms with Crippen LogP contribution in [0.2, 0.25) is 0 Å². The van der Waals surface area contributed by atoms with Crippen molar-refractivity contribution in [2.24, 2.45) is 28.2 Å². The maximum atomic E-state index is 13.3. The predicted octanol–water partition coefficient (Wildman–Crippen LogP) is 18.4. The van der Waals surface area contributed by atoms with Crippen molar-refractivity contribution in [2.45, 2.75) is 208 Å². The van der Waals surface area contributed by atoms with Gasteiger partial charge in [-0.25, -0.2) is 14.4 Å². The minimum atomic E-state index is -4.38. The third-order valence-corrected chi connectivity index (χ3v) is 17.9. The Labute approximate surface area is 576 Å². The standard InChI is InChI=1S/2C14H14F3N.C14H16FNO.C13H20N2O.C13H15NO.C12H18N2O/c1-13(2,3)11-10(14(15,16)17)7-6-9-5-4-8-18-12(9)11;1-13(2,3)12-10(14(15,16)17)8-9-6-4-5-7-11(9)18-12;1-8(2)13-9(3)11-7-10(15)5-6-12(11)16(4)14(13)17;1-13(2,3)11-12(16)15(4)10-8-6-5-7-9(10)14-11;1-9(2)11-8-10-6-4-5-7-12(10)14(3)13(11)15;1-12(2,3)10-11(15)14(4)9-7-5-6-8(9)13-10/h2*4-8H,1-3H3;5-8H,1-4H3;5-8H2,1-4H3;4-9H,1-3H3;5-7H2,1-4H3. The molecule has 12 nitrogen and oxygen atoms in total. The SMILES string of the molecule is CC(C)(C)c1c(C(F)(F)F)ccc2cccnc12.CC(C)(C)c1nc2ccccc2cc1C(F)(F)F.CC(C)c1cc2ccccc2n(C)c1=O.Cc1c(C(C)C)c(=O)n(C)c2ccc(F)cc12.Cn1c2c(nc(C(C)(C)C)c1=O)CCC2.Cn1c2c(nc(C(C)(C)C)c1=O)CCCC2. The van der Waals surface area contributed by atoms with Crippen LogP contribution >= 0.6 is 0 Å². The van der Waals surface area contributed by atoms with Gasteiger partial charge >= 0.3 is 12.4 Å². The fraction of sp³-hybridized carbons (Fsp3) is 0.450.